The van der Waals surface area contributed by atoms with Crippen LogP contribution in [-0.4, -0.2) is 37.6 Å². The molecule has 1 aromatic rings. The quantitative estimate of drug-likeness (QED) is 0.644. The van der Waals surface area contributed by atoms with Crippen molar-refractivity contribution in [1.82, 2.24) is 0 Å². The Morgan fingerprint density at radius 2 is 1.96 bits per heavy atom. The summed E-state index contributed by atoms with van der Waals surface area (Å²) in [6.45, 7) is 0. The monoisotopic (exact) mass is 359 g/mol. The number of carbonyl (C=O) groups is 1. The maximum atomic E-state index is 11.5. The standard InChI is InChI=1S/C15H18ClNO5S/c1-23(20,21)13-8-7-10(9-12(13)16)14(15(18)19)17-22-11-5-3-2-4-6-11/h7-9,11H,2-6H2,1H3,(H,18,19). The molecule has 1 aromatic carbocycles. The van der Waals surface area contributed by atoms with Crippen molar-refractivity contribution in [2.45, 2.75) is 43.1 Å². The second-order valence-electron chi connectivity index (χ2n) is 5.53. The van der Waals surface area contributed by atoms with Gasteiger partial charge < -0.3 is 9.94 Å². The Balaban J connectivity index is 2.27. The van der Waals surface area contributed by atoms with Crippen LogP contribution in [-0.2, 0) is 19.5 Å². The van der Waals surface area contributed by atoms with Crippen LogP contribution in [0.2, 0.25) is 5.02 Å². The molecule has 0 unspecified atom stereocenters. The molecule has 8 heteroatoms. The van der Waals surface area contributed by atoms with Crippen LogP contribution in [0, 0.1) is 0 Å². The molecule has 1 saturated carbocycles. The fourth-order valence-corrected chi connectivity index (χ4v) is 3.79. The number of nitrogens with zero attached hydrogens (tertiary/aromatic N) is 1. The van der Waals surface area contributed by atoms with Crippen molar-refractivity contribution in [3.63, 3.8) is 0 Å². The predicted octanol–water partition coefficient (Wildman–Crippen LogP) is 2.88. The van der Waals surface area contributed by atoms with Gasteiger partial charge in [0, 0.05) is 11.8 Å². The smallest absolute Gasteiger partial charge is 0.358 e. The van der Waals surface area contributed by atoms with Crippen LogP contribution in [0.4, 0.5) is 0 Å². The van der Waals surface area contributed by atoms with Gasteiger partial charge in [-0.05, 0) is 37.8 Å². The maximum Gasteiger partial charge on any atom is 0.358 e. The summed E-state index contributed by atoms with van der Waals surface area (Å²) in [5.74, 6) is -1.26. The van der Waals surface area contributed by atoms with Gasteiger partial charge in [0.15, 0.2) is 15.5 Å². The topological polar surface area (TPSA) is 93.0 Å². The molecule has 0 radical (unpaired) electrons. The van der Waals surface area contributed by atoms with Gasteiger partial charge in [-0.2, -0.15) is 0 Å². The summed E-state index contributed by atoms with van der Waals surface area (Å²) in [4.78, 5) is 16.7. The van der Waals surface area contributed by atoms with E-state index in [1.54, 1.807) is 0 Å². The summed E-state index contributed by atoms with van der Waals surface area (Å²) >= 11 is 5.94. The molecule has 23 heavy (non-hydrogen) atoms. The Morgan fingerprint density at radius 1 is 1.30 bits per heavy atom. The largest absolute Gasteiger partial charge is 0.476 e. The van der Waals surface area contributed by atoms with E-state index >= 15 is 0 Å². The molecule has 6 nitrogen and oxygen atoms in total. The molecule has 2 rings (SSSR count). The second-order valence-corrected chi connectivity index (χ2v) is 7.92. The van der Waals surface area contributed by atoms with Crippen LogP contribution in [0.3, 0.4) is 0 Å². The fourth-order valence-electron chi connectivity index (χ4n) is 2.46. The molecule has 126 valence electrons. The number of carboxylic acids is 1. The minimum Gasteiger partial charge on any atom is -0.476 e. The van der Waals surface area contributed by atoms with E-state index < -0.39 is 15.8 Å². The van der Waals surface area contributed by atoms with Crippen LogP contribution >= 0.6 is 11.6 Å². The lowest BCUT2D eigenvalue weighted by atomic mass is 9.98. The summed E-state index contributed by atoms with van der Waals surface area (Å²) in [6.07, 6.45) is 5.89. The van der Waals surface area contributed by atoms with Crippen molar-refractivity contribution in [1.29, 1.82) is 0 Å². The van der Waals surface area contributed by atoms with Crippen molar-refractivity contribution in [3.8, 4) is 0 Å². The number of sulfone groups is 1. The van der Waals surface area contributed by atoms with Gasteiger partial charge in [-0.25, -0.2) is 13.2 Å². The van der Waals surface area contributed by atoms with Gasteiger partial charge in [-0.1, -0.05) is 29.2 Å². The molecular weight excluding hydrogens is 342 g/mol. The van der Waals surface area contributed by atoms with Crippen LogP contribution in [0.1, 0.15) is 37.7 Å². The van der Waals surface area contributed by atoms with Crippen molar-refractivity contribution in [2.75, 3.05) is 6.26 Å². The van der Waals surface area contributed by atoms with Crippen LogP contribution in [0.25, 0.3) is 0 Å². The average Bonchev–Trinajstić information content (AvgIpc) is 2.47. The van der Waals surface area contributed by atoms with Crippen molar-refractivity contribution in [2.24, 2.45) is 5.16 Å². The number of halogens is 1. The summed E-state index contributed by atoms with van der Waals surface area (Å²) in [5, 5.41) is 13.0. The number of hydrogen-bond donors (Lipinski definition) is 1. The number of carboxylic acid groups (broad SMARTS) is 1. The Bertz CT molecular complexity index is 723. The highest BCUT2D eigenvalue weighted by molar-refractivity contribution is 7.90. The molecule has 0 aromatic heterocycles. The molecule has 1 N–H and O–H groups in total. The zero-order chi connectivity index (χ0) is 17.0. The highest BCUT2D eigenvalue weighted by atomic mass is 35.5. The van der Waals surface area contributed by atoms with E-state index in [9.17, 15) is 18.3 Å². The van der Waals surface area contributed by atoms with E-state index in [0.29, 0.717) is 0 Å². The van der Waals surface area contributed by atoms with Gasteiger partial charge in [0.25, 0.3) is 0 Å². The third-order valence-corrected chi connectivity index (χ3v) is 5.23. The number of rotatable bonds is 5. The first-order valence-corrected chi connectivity index (χ1v) is 9.53. The van der Waals surface area contributed by atoms with Gasteiger partial charge in [0.2, 0.25) is 0 Å². The minimum absolute atomic E-state index is 0.0448. The molecule has 1 fully saturated rings. The highest BCUT2D eigenvalue weighted by Crippen LogP contribution is 2.24. The first-order valence-electron chi connectivity index (χ1n) is 7.26. The van der Waals surface area contributed by atoms with E-state index in [-0.39, 0.29) is 27.3 Å². The summed E-state index contributed by atoms with van der Waals surface area (Å²) < 4.78 is 23.1. The molecule has 0 saturated heterocycles. The van der Waals surface area contributed by atoms with Gasteiger partial charge in [0.05, 0.1) is 9.92 Å². The first-order chi connectivity index (χ1) is 10.8. The second kappa shape index (κ2) is 7.31. The highest BCUT2D eigenvalue weighted by Gasteiger charge is 2.20. The SMILES string of the molecule is CS(=O)(=O)c1ccc(C(=NOC2CCCCC2)C(=O)O)cc1Cl. The average molecular weight is 360 g/mol. The molecular formula is C15H18ClNO5S. The zero-order valence-electron chi connectivity index (χ0n) is 12.7. The lowest BCUT2D eigenvalue weighted by Crippen LogP contribution is -2.19. The normalized spacial score (nSPS) is 17.0. The Hall–Kier alpha value is -1.60. The minimum atomic E-state index is -3.48. The van der Waals surface area contributed by atoms with Gasteiger partial charge in [-0.15, -0.1) is 0 Å². The molecule has 0 aliphatic heterocycles. The number of benzene rings is 1. The van der Waals surface area contributed by atoms with Gasteiger partial charge >= 0.3 is 5.97 Å². The van der Waals surface area contributed by atoms with E-state index in [2.05, 4.69) is 5.16 Å². The third kappa shape index (κ3) is 4.68. The van der Waals surface area contributed by atoms with Gasteiger partial charge in [-0.3, -0.25) is 0 Å². The molecule has 0 atom stereocenters. The van der Waals surface area contributed by atoms with Crippen LogP contribution < -0.4 is 0 Å². The van der Waals surface area contributed by atoms with Crippen molar-refractivity contribution >= 4 is 33.1 Å². The zero-order valence-corrected chi connectivity index (χ0v) is 14.2. The third-order valence-electron chi connectivity index (χ3n) is 3.65. The lowest BCUT2D eigenvalue weighted by Gasteiger charge is -2.19. The predicted molar refractivity (Wildman–Crippen MR) is 86.7 cm³/mol. The Labute approximate surface area is 140 Å². The van der Waals surface area contributed by atoms with E-state index in [1.165, 1.54) is 18.2 Å². The van der Waals surface area contributed by atoms with Crippen LogP contribution in [0.15, 0.2) is 28.3 Å². The first kappa shape index (κ1) is 17.7. The molecule has 1 aliphatic rings. The Kier molecular flexibility index (Phi) is 5.64. The number of hydrogen-bond acceptors (Lipinski definition) is 5. The molecule has 0 amide bonds. The number of aliphatic carboxylic acids is 1. The molecule has 0 heterocycles. The fraction of sp³-hybridized carbons (Fsp3) is 0.467. The molecule has 1 aliphatic carbocycles. The van der Waals surface area contributed by atoms with E-state index in [1.807, 2.05) is 0 Å². The molecule has 0 bridgehead atoms. The summed E-state index contributed by atoms with van der Waals surface area (Å²) in [5.41, 5.74) is -0.0942. The number of oxime groups is 1. The van der Waals surface area contributed by atoms with E-state index in [0.717, 1.165) is 38.4 Å². The molecule has 0 spiro atoms. The lowest BCUT2D eigenvalue weighted by molar-refractivity contribution is -0.129. The summed E-state index contributed by atoms with van der Waals surface area (Å²) in [7, 11) is -3.48. The van der Waals surface area contributed by atoms with Gasteiger partial charge in [0.1, 0.15) is 6.10 Å². The van der Waals surface area contributed by atoms with E-state index in [4.69, 9.17) is 16.4 Å². The summed E-state index contributed by atoms with van der Waals surface area (Å²) in [6, 6.07) is 3.90. The van der Waals surface area contributed by atoms with Crippen molar-refractivity contribution in [3.05, 3.63) is 28.8 Å². The van der Waals surface area contributed by atoms with Crippen molar-refractivity contribution < 1.29 is 23.2 Å². The van der Waals surface area contributed by atoms with Crippen LogP contribution in [0.5, 0.6) is 0 Å². The maximum absolute atomic E-state index is 11.5. The Morgan fingerprint density at radius 3 is 2.48 bits per heavy atom.